The maximum atomic E-state index is 12.9. The van der Waals surface area contributed by atoms with E-state index in [2.05, 4.69) is 15.0 Å². The fourth-order valence-electron chi connectivity index (χ4n) is 1.66. The van der Waals surface area contributed by atoms with Crippen molar-refractivity contribution in [3.63, 3.8) is 0 Å². The van der Waals surface area contributed by atoms with Crippen molar-refractivity contribution in [1.82, 2.24) is 15.0 Å². The molecule has 1 fully saturated rings. The molecule has 2 heterocycles. The van der Waals surface area contributed by atoms with Crippen molar-refractivity contribution in [3.8, 4) is 0 Å². The Labute approximate surface area is 104 Å². The molecule has 0 aliphatic carbocycles. The Morgan fingerprint density at radius 1 is 1.44 bits per heavy atom. The van der Waals surface area contributed by atoms with Gasteiger partial charge in [0.25, 0.3) is 0 Å². The lowest BCUT2D eigenvalue weighted by molar-refractivity contribution is -0.122. The Kier molecular flexibility index (Phi) is 3.58. The summed E-state index contributed by atoms with van der Waals surface area (Å²) in [4.78, 5) is 14.2. The number of halogens is 1. The topological polar surface area (TPSA) is 88.2 Å². The Morgan fingerprint density at radius 2 is 2.22 bits per heavy atom. The molecule has 1 unspecified atom stereocenters. The quantitative estimate of drug-likeness (QED) is 0.796. The Hall–Kier alpha value is -1.54. The van der Waals surface area contributed by atoms with Gasteiger partial charge in [0.2, 0.25) is 15.9 Å². The zero-order valence-electron chi connectivity index (χ0n) is 9.39. The van der Waals surface area contributed by atoms with Crippen LogP contribution in [0.5, 0.6) is 0 Å². The van der Waals surface area contributed by atoms with Gasteiger partial charge in [-0.25, -0.2) is 17.5 Å². The largest absolute Gasteiger partial charge is 0.355 e. The molecular formula is C10H12FN3O3S. The zero-order valence-corrected chi connectivity index (χ0v) is 10.2. The summed E-state index contributed by atoms with van der Waals surface area (Å²) in [6, 6.07) is 0.521. The van der Waals surface area contributed by atoms with Gasteiger partial charge in [-0.3, -0.25) is 9.78 Å². The van der Waals surface area contributed by atoms with Crippen LogP contribution in [0.3, 0.4) is 0 Å². The highest BCUT2D eigenvalue weighted by Gasteiger charge is 2.24. The minimum absolute atomic E-state index is 0.0992. The minimum atomic E-state index is -3.80. The molecule has 8 heteroatoms. The van der Waals surface area contributed by atoms with E-state index in [1.807, 2.05) is 0 Å². The molecule has 98 valence electrons. The molecule has 1 amide bonds. The van der Waals surface area contributed by atoms with Gasteiger partial charge in [-0.1, -0.05) is 0 Å². The molecule has 1 aromatic heterocycles. The van der Waals surface area contributed by atoms with Crippen LogP contribution in [-0.4, -0.2) is 31.9 Å². The van der Waals surface area contributed by atoms with E-state index < -0.39 is 15.8 Å². The van der Waals surface area contributed by atoms with Gasteiger partial charge in [0.15, 0.2) is 0 Å². The van der Waals surface area contributed by atoms with Crippen LogP contribution in [-0.2, 0) is 14.8 Å². The molecule has 1 saturated heterocycles. The number of rotatable bonds is 3. The second-order valence-corrected chi connectivity index (χ2v) is 5.71. The standard InChI is InChI=1S/C10H12FN3O3S/c11-7-3-9(6-12-4-7)18(16,17)14-8-1-2-10(15)13-5-8/h3-4,6,8,14H,1-2,5H2,(H,13,15). The third-order valence-corrected chi connectivity index (χ3v) is 4.06. The SMILES string of the molecule is O=C1CCC(NS(=O)(=O)c2cncc(F)c2)CN1. The molecule has 2 rings (SSSR count). The zero-order chi connectivity index (χ0) is 13.2. The van der Waals surface area contributed by atoms with Crippen LogP contribution in [0.4, 0.5) is 4.39 Å². The first-order chi connectivity index (χ1) is 8.47. The molecule has 0 aromatic carbocycles. The molecule has 2 N–H and O–H groups in total. The van der Waals surface area contributed by atoms with Crippen molar-refractivity contribution < 1.29 is 17.6 Å². The number of pyridine rings is 1. The first-order valence-electron chi connectivity index (χ1n) is 5.37. The summed E-state index contributed by atoms with van der Waals surface area (Å²) >= 11 is 0. The van der Waals surface area contributed by atoms with E-state index in [9.17, 15) is 17.6 Å². The van der Waals surface area contributed by atoms with Gasteiger partial charge < -0.3 is 5.32 Å². The van der Waals surface area contributed by atoms with Crippen LogP contribution < -0.4 is 10.0 Å². The molecule has 1 aliphatic heterocycles. The van der Waals surface area contributed by atoms with Crippen molar-refractivity contribution in [2.45, 2.75) is 23.8 Å². The molecule has 0 saturated carbocycles. The first kappa shape index (κ1) is 12.9. The molecule has 0 spiro atoms. The summed E-state index contributed by atoms with van der Waals surface area (Å²) < 4.78 is 39.1. The highest BCUT2D eigenvalue weighted by atomic mass is 32.2. The molecule has 0 bridgehead atoms. The van der Waals surface area contributed by atoms with Crippen LogP contribution in [0.15, 0.2) is 23.4 Å². The minimum Gasteiger partial charge on any atom is -0.355 e. The van der Waals surface area contributed by atoms with Crippen LogP contribution >= 0.6 is 0 Å². The van der Waals surface area contributed by atoms with Gasteiger partial charge in [0.05, 0.1) is 6.20 Å². The highest BCUT2D eigenvalue weighted by Crippen LogP contribution is 2.11. The van der Waals surface area contributed by atoms with Gasteiger partial charge in [-0.05, 0) is 12.5 Å². The average Bonchev–Trinajstić information content (AvgIpc) is 2.32. The number of hydrogen-bond donors (Lipinski definition) is 2. The lowest BCUT2D eigenvalue weighted by atomic mass is 10.1. The molecule has 1 aliphatic rings. The average molecular weight is 273 g/mol. The predicted molar refractivity (Wildman–Crippen MR) is 60.5 cm³/mol. The molecule has 0 radical (unpaired) electrons. The number of hydrogen-bond acceptors (Lipinski definition) is 4. The van der Waals surface area contributed by atoms with E-state index in [4.69, 9.17) is 0 Å². The number of aromatic nitrogens is 1. The van der Waals surface area contributed by atoms with Crippen LogP contribution in [0.1, 0.15) is 12.8 Å². The number of piperidine rings is 1. The fourth-order valence-corrected chi connectivity index (χ4v) is 2.90. The number of carbonyl (C=O) groups excluding carboxylic acids is 1. The van der Waals surface area contributed by atoms with Crippen LogP contribution in [0.25, 0.3) is 0 Å². The second kappa shape index (κ2) is 4.99. The van der Waals surface area contributed by atoms with E-state index in [-0.39, 0.29) is 29.8 Å². The van der Waals surface area contributed by atoms with Gasteiger partial charge in [0, 0.05) is 25.2 Å². The van der Waals surface area contributed by atoms with Crippen LogP contribution in [0.2, 0.25) is 0 Å². The van der Waals surface area contributed by atoms with E-state index in [0.717, 1.165) is 18.5 Å². The van der Waals surface area contributed by atoms with Crippen molar-refractivity contribution in [2.24, 2.45) is 0 Å². The summed E-state index contributed by atoms with van der Waals surface area (Å²) in [6.45, 7) is 0.237. The molecular weight excluding hydrogens is 261 g/mol. The van der Waals surface area contributed by atoms with Crippen molar-refractivity contribution in [1.29, 1.82) is 0 Å². The van der Waals surface area contributed by atoms with E-state index in [1.165, 1.54) is 0 Å². The van der Waals surface area contributed by atoms with Crippen molar-refractivity contribution >= 4 is 15.9 Å². The smallest absolute Gasteiger partial charge is 0.242 e. The van der Waals surface area contributed by atoms with Gasteiger partial charge in [-0.2, -0.15) is 0 Å². The number of sulfonamides is 1. The van der Waals surface area contributed by atoms with Crippen molar-refractivity contribution in [3.05, 3.63) is 24.3 Å². The normalized spacial score (nSPS) is 20.5. The fraction of sp³-hybridized carbons (Fsp3) is 0.400. The number of nitrogens with one attached hydrogen (secondary N) is 2. The Bertz CT molecular complexity index is 551. The lowest BCUT2D eigenvalue weighted by Gasteiger charge is -2.23. The summed E-state index contributed by atoms with van der Waals surface area (Å²) in [7, 11) is -3.80. The number of carbonyl (C=O) groups is 1. The summed E-state index contributed by atoms with van der Waals surface area (Å²) in [6.07, 6.45) is 2.70. The highest BCUT2D eigenvalue weighted by molar-refractivity contribution is 7.89. The number of nitrogens with zero attached hydrogens (tertiary/aromatic N) is 1. The van der Waals surface area contributed by atoms with E-state index >= 15 is 0 Å². The molecule has 1 atom stereocenters. The Morgan fingerprint density at radius 3 is 2.83 bits per heavy atom. The van der Waals surface area contributed by atoms with Crippen molar-refractivity contribution in [2.75, 3.05) is 6.54 Å². The predicted octanol–water partition coefficient (Wildman–Crippen LogP) is -0.222. The summed E-state index contributed by atoms with van der Waals surface area (Å²) in [5, 5.41) is 2.56. The van der Waals surface area contributed by atoms with Gasteiger partial charge >= 0.3 is 0 Å². The van der Waals surface area contributed by atoms with Gasteiger partial charge in [0.1, 0.15) is 10.7 Å². The molecule has 1 aromatic rings. The monoisotopic (exact) mass is 273 g/mol. The summed E-state index contributed by atoms with van der Waals surface area (Å²) in [5.74, 6) is -0.812. The van der Waals surface area contributed by atoms with E-state index in [1.54, 1.807) is 0 Å². The van der Waals surface area contributed by atoms with E-state index in [0.29, 0.717) is 6.42 Å². The first-order valence-corrected chi connectivity index (χ1v) is 6.85. The molecule has 18 heavy (non-hydrogen) atoms. The lowest BCUT2D eigenvalue weighted by Crippen LogP contribution is -2.47. The summed E-state index contributed by atoms with van der Waals surface area (Å²) in [5.41, 5.74) is 0. The second-order valence-electron chi connectivity index (χ2n) is 4.00. The maximum Gasteiger partial charge on any atom is 0.242 e. The Balaban J connectivity index is 2.10. The molecule has 6 nitrogen and oxygen atoms in total. The van der Waals surface area contributed by atoms with Crippen LogP contribution in [0, 0.1) is 5.82 Å². The maximum absolute atomic E-state index is 12.9. The third-order valence-electron chi connectivity index (χ3n) is 2.58. The third kappa shape index (κ3) is 3.02. The van der Waals surface area contributed by atoms with Gasteiger partial charge in [-0.15, -0.1) is 0 Å². The number of amides is 1.